The number of carbonyl (C=O) groups is 1. The SMILES string of the molecule is CCOC(=O)[C@H](C)NP(=O)(OC[C@@H]1O[C@H](n2cnc3c(Cl)ncnc32)C[C@H]1N=[N+]=[N-])Oc1ccccc1. The highest BCUT2D eigenvalue weighted by molar-refractivity contribution is 7.52. The third-order valence-corrected chi connectivity index (χ3v) is 7.32. The van der Waals surface area contributed by atoms with E-state index >= 15 is 0 Å². The molecule has 37 heavy (non-hydrogen) atoms. The Morgan fingerprint density at radius 2 is 2.16 bits per heavy atom. The van der Waals surface area contributed by atoms with Crippen LogP contribution >= 0.6 is 19.3 Å². The zero-order valence-corrected chi connectivity index (χ0v) is 21.5. The number of carbonyl (C=O) groups excluding carboxylic acids is 1. The predicted octanol–water partition coefficient (Wildman–Crippen LogP) is 4.19. The summed E-state index contributed by atoms with van der Waals surface area (Å²) in [5, 5.41) is 6.60. The molecule has 0 bridgehead atoms. The highest BCUT2D eigenvalue weighted by Gasteiger charge is 2.40. The molecule has 0 aliphatic carbocycles. The molecule has 1 unspecified atom stereocenters. The maximum atomic E-state index is 13.7. The summed E-state index contributed by atoms with van der Waals surface area (Å²) >= 11 is 6.09. The Morgan fingerprint density at radius 3 is 2.89 bits per heavy atom. The van der Waals surface area contributed by atoms with Crippen molar-refractivity contribution in [2.45, 2.75) is 44.7 Å². The van der Waals surface area contributed by atoms with Crippen LogP contribution in [0.2, 0.25) is 5.15 Å². The highest BCUT2D eigenvalue weighted by atomic mass is 35.5. The molecule has 0 spiro atoms. The van der Waals surface area contributed by atoms with E-state index < -0.39 is 38.1 Å². The molecule has 1 aliphatic heterocycles. The number of nitrogens with zero attached hydrogens (tertiary/aromatic N) is 7. The molecule has 196 valence electrons. The molecule has 16 heteroatoms. The van der Waals surface area contributed by atoms with Crippen LogP contribution < -0.4 is 9.61 Å². The fraction of sp³-hybridized carbons (Fsp3) is 0.429. The van der Waals surface area contributed by atoms with Crippen LogP contribution in [0.1, 0.15) is 26.5 Å². The van der Waals surface area contributed by atoms with Crippen LogP contribution in [0.4, 0.5) is 0 Å². The number of hydrogen-bond donors (Lipinski definition) is 1. The van der Waals surface area contributed by atoms with Gasteiger partial charge in [-0.15, -0.1) is 0 Å². The summed E-state index contributed by atoms with van der Waals surface area (Å²) in [6, 6.07) is 6.68. The first-order chi connectivity index (χ1) is 17.8. The van der Waals surface area contributed by atoms with Gasteiger partial charge in [-0.2, -0.15) is 5.09 Å². The molecule has 1 fully saturated rings. The fourth-order valence-electron chi connectivity index (χ4n) is 3.70. The number of para-hydroxylation sites is 1. The average molecular weight is 551 g/mol. The van der Waals surface area contributed by atoms with Crippen molar-refractivity contribution in [3.8, 4) is 5.75 Å². The van der Waals surface area contributed by atoms with Crippen molar-refractivity contribution in [2.24, 2.45) is 5.11 Å². The van der Waals surface area contributed by atoms with Crippen LogP contribution in [0.15, 0.2) is 48.1 Å². The van der Waals surface area contributed by atoms with Crippen LogP contribution in [0, 0.1) is 0 Å². The molecule has 14 nitrogen and oxygen atoms in total. The van der Waals surface area contributed by atoms with Gasteiger partial charge in [0, 0.05) is 11.3 Å². The third kappa shape index (κ3) is 6.37. The Labute approximate surface area is 216 Å². The van der Waals surface area contributed by atoms with Crippen molar-refractivity contribution >= 4 is 36.5 Å². The number of aromatic nitrogens is 4. The molecule has 1 aromatic carbocycles. The van der Waals surface area contributed by atoms with E-state index in [-0.39, 0.29) is 30.5 Å². The van der Waals surface area contributed by atoms with Crippen molar-refractivity contribution < 1.29 is 27.9 Å². The van der Waals surface area contributed by atoms with E-state index in [1.165, 1.54) is 19.6 Å². The lowest BCUT2D eigenvalue weighted by molar-refractivity contribution is -0.144. The third-order valence-electron chi connectivity index (χ3n) is 5.40. The maximum Gasteiger partial charge on any atom is 0.459 e. The van der Waals surface area contributed by atoms with Crippen molar-refractivity contribution in [1.29, 1.82) is 0 Å². The Hall–Kier alpha value is -3.25. The summed E-state index contributed by atoms with van der Waals surface area (Å²) in [7, 11) is -4.12. The average Bonchev–Trinajstić information content (AvgIpc) is 3.48. The van der Waals surface area contributed by atoms with Crippen molar-refractivity contribution in [3.05, 3.63) is 58.6 Å². The van der Waals surface area contributed by atoms with Crippen molar-refractivity contribution in [1.82, 2.24) is 24.6 Å². The van der Waals surface area contributed by atoms with Gasteiger partial charge in [0.05, 0.1) is 31.7 Å². The maximum absolute atomic E-state index is 13.7. The summed E-state index contributed by atoms with van der Waals surface area (Å²) in [6.45, 7) is 3.01. The van der Waals surface area contributed by atoms with Gasteiger partial charge < -0.3 is 14.0 Å². The lowest BCUT2D eigenvalue weighted by Gasteiger charge is -2.24. The number of esters is 1. The molecular weight excluding hydrogens is 527 g/mol. The normalized spacial score (nSPS) is 21.6. The molecule has 0 amide bonds. The summed E-state index contributed by atoms with van der Waals surface area (Å²) in [4.78, 5) is 27.4. The minimum Gasteiger partial charge on any atom is -0.465 e. The molecule has 5 atom stereocenters. The van der Waals surface area contributed by atoms with Gasteiger partial charge >= 0.3 is 13.7 Å². The minimum absolute atomic E-state index is 0.153. The van der Waals surface area contributed by atoms with Gasteiger partial charge in [-0.25, -0.2) is 19.5 Å². The summed E-state index contributed by atoms with van der Waals surface area (Å²) < 4.78 is 37.7. The largest absolute Gasteiger partial charge is 0.465 e. The summed E-state index contributed by atoms with van der Waals surface area (Å²) in [5.74, 6) is -0.368. The summed E-state index contributed by atoms with van der Waals surface area (Å²) in [6.07, 6.45) is 1.64. The number of halogens is 1. The van der Waals surface area contributed by atoms with Crippen LogP contribution in [-0.2, 0) is 23.4 Å². The fourth-order valence-corrected chi connectivity index (χ4v) is 5.38. The van der Waals surface area contributed by atoms with Crippen LogP contribution in [0.25, 0.3) is 21.6 Å². The number of hydrogen-bond acceptors (Lipinski definition) is 10. The lowest BCUT2D eigenvalue weighted by Crippen LogP contribution is -2.36. The molecule has 1 aliphatic rings. The zero-order chi connectivity index (χ0) is 26.4. The van der Waals surface area contributed by atoms with E-state index in [9.17, 15) is 9.36 Å². The molecule has 0 radical (unpaired) electrons. The van der Waals surface area contributed by atoms with Gasteiger partial charge in [-0.3, -0.25) is 13.9 Å². The minimum atomic E-state index is -4.12. The van der Waals surface area contributed by atoms with Gasteiger partial charge in [0.2, 0.25) is 0 Å². The number of ether oxygens (including phenoxy) is 2. The highest BCUT2D eigenvalue weighted by Crippen LogP contribution is 2.46. The molecule has 3 heterocycles. The number of imidazole rings is 1. The number of benzene rings is 1. The van der Waals surface area contributed by atoms with Gasteiger partial charge in [-0.05, 0) is 31.5 Å². The lowest BCUT2D eigenvalue weighted by atomic mass is 10.1. The molecule has 0 saturated carbocycles. The molecular formula is C21H24ClN8O6P. The molecule has 1 N–H and O–H groups in total. The predicted molar refractivity (Wildman–Crippen MR) is 132 cm³/mol. The van der Waals surface area contributed by atoms with E-state index in [0.29, 0.717) is 11.2 Å². The molecule has 3 aromatic rings. The first kappa shape index (κ1) is 26.8. The number of rotatable bonds is 11. The zero-order valence-electron chi connectivity index (χ0n) is 19.9. The molecule has 1 saturated heterocycles. The first-order valence-corrected chi connectivity index (χ1v) is 13.2. The smallest absolute Gasteiger partial charge is 0.459 e. The van der Waals surface area contributed by atoms with Gasteiger partial charge in [0.1, 0.15) is 29.9 Å². The molecule has 2 aromatic heterocycles. The first-order valence-electron chi connectivity index (χ1n) is 11.3. The molecule has 4 rings (SSSR count). The number of azide groups is 1. The van der Waals surface area contributed by atoms with E-state index in [2.05, 4.69) is 30.1 Å². The number of nitrogens with one attached hydrogen (secondary N) is 1. The van der Waals surface area contributed by atoms with Gasteiger partial charge in [0.25, 0.3) is 0 Å². The number of fused-ring (bicyclic) bond motifs is 1. The second-order valence-electron chi connectivity index (χ2n) is 7.93. The monoisotopic (exact) mass is 550 g/mol. The standard InChI is InChI=1S/C21H24ClN8O6P/c1-3-33-21(31)13(2)28-37(32,36-14-7-5-4-6-8-14)34-10-16-15(27-29-23)9-17(35-16)30-12-26-18-19(22)24-11-25-20(18)30/h4-8,11-13,15-17H,3,9-10H2,1-2H3,(H,28,32)/t13-,15+,16-,17-,37?/m0/s1. The van der Waals surface area contributed by atoms with Crippen LogP contribution in [0.5, 0.6) is 5.75 Å². The second-order valence-corrected chi connectivity index (χ2v) is 9.98. The van der Waals surface area contributed by atoms with Crippen LogP contribution in [-0.4, -0.2) is 56.9 Å². The van der Waals surface area contributed by atoms with E-state index in [4.69, 9.17) is 35.7 Å². The van der Waals surface area contributed by atoms with Gasteiger partial charge in [-0.1, -0.05) is 34.9 Å². The topological polar surface area (TPSA) is 175 Å². The second kappa shape index (κ2) is 11.9. The summed E-state index contributed by atoms with van der Waals surface area (Å²) in [5.41, 5.74) is 9.92. The van der Waals surface area contributed by atoms with Crippen molar-refractivity contribution in [3.63, 3.8) is 0 Å². The van der Waals surface area contributed by atoms with E-state index in [1.807, 2.05) is 0 Å². The van der Waals surface area contributed by atoms with E-state index in [1.54, 1.807) is 41.8 Å². The quantitative estimate of drug-likeness (QED) is 0.0909. The van der Waals surface area contributed by atoms with Crippen molar-refractivity contribution in [2.75, 3.05) is 13.2 Å². The van der Waals surface area contributed by atoms with Gasteiger partial charge in [0.15, 0.2) is 10.8 Å². The Morgan fingerprint density at radius 1 is 1.38 bits per heavy atom. The van der Waals surface area contributed by atoms with Crippen LogP contribution in [0.3, 0.4) is 0 Å². The van der Waals surface area contributed by atoms with E-state index in [0.717, 1.165) is 0 Å². The Balaban J connectivity index is 1.53. The Bertz CT molecular complexity index is 1340. The Kier molecular flexibility index (Phi) is 8.59.